The van der Waals surface area contributed by atoms with Crippen LogP contribution in [0.3, 0.4) is 0 Å². The van der Waals surface area contributed by atoms with Gasteiger partial charge in [-0.1, -0.05) is 54.1 Å². The third-order valence-electron chi connectivity index (χ3n) is 4.74. The quantitative estimate of drug-likeness (QED) is 0.429. The van der Waals surface area contributed by atoms with Crippen molar-refractivity contribution in [3.8, 4) is 5.75 Å². The standard InChI is InChI=1S/C24H18ClFN2O3/c25-19-9-5-16(6-10-19)14-28-23(29)21(27-24(28)30)13-18-3-1-2-4-22(18)31-15-17-7-11-20(26)12-8-17/h1-13H,14-15H2,(H,27,30). The normalized spacial score (nSPS) is 14.8. The molecule has 1 N–H and O–H groups in total. The molecule has 0 unspecified atom stereocenters. The molecule has 1 heterocycles. The minimum Gasteiger partial charge on any atom is -0.488 e. The van der Waals surface area contributed by atoms with E-state index in [1.54, 1.807) is 54.6 Å². The highest BCUT2D eigenvalue weighted by molar-refractivity contribution is 6.30. The van der Waals surface area contributed by atoms with Crippen molar-refractivity contribution < 1.29 is 18.7 Å². The Kier molecular flexibility index (Phi) is 6.00. The van der Waals surface area contributed by atoms with E-state index < -0.39 is 11.9 Å². The lowest BCUT2D eigenvalue weighted by molar-refractivity contribution is -0.123. The van der Waals surface area contributed by atoms with E-state index in [1.807, 2.05) is 12.1 Å². The first-order valence-electron chi connectivity index (χ1n) is 9.55. The van der Waals surface area contributed by atoms with Crippen molar-refractivity contribution in [1.29, 1.82) is 0 Å². The van der Waals surface area contributed by atoms with Crippen LogP contribution in [0.15, 0.2) is 78.5 Å². The first-order chi connectivity index (χ1) is 15.0. The molecule has 0 radical (unpaired) electrons. The van der Waals surface area contributed by atoms with Crippen molar-refractivity contribution >= 4 is 29.6 Å². The fraction of sp³-hybridized carbons (Fsp3) is 0.0833. The van der Waals surface area contributed by atoms with Crippen LogP contribution >= 0.6 is 11.6 Å². The second kappa shape index (κ2) is 9.02. The van der Waals surface area contributed by atoms with Crippen LogP contribution in [-0.2, 0) is 17.9 Å². The van der Waals surface area contributed by atoms with Gasteiger partial charge in [0.2, 0.25) is 0 Å². The molecule has 5 nitrogen and oxygen atoms in total. The molecule has 31 heavy (non-hydrogen) atoms. The largest absolute Gasteiger partial charge is 0.488 e. The van der Waals surface area contributed by atoms with Crippen molar-refractivity contribution in [3.05, 3.63) is 106 Å². The molecule has 1 saturated heterocycles. The first kappa shape index (κ1) is 20.6. The van der Waals surface area contributed by atoms with E-state index >= 15 is 0 Å². The van der Waals surface area contributed by atoms with Crippen molar-refractivity contribution in [2.75, 3.05) is 0 Å². The molecular weight excluding hydrogens is 419 g/mol. The van der Waals surface area contributed by atoms with Crippen molar-refractivity contribution in [3.63, 3.8) is 0 Å². The number of benzene rings is 3. The van der Waals surface area contributed by atoms with Gasteiger partial charge in [-0.05, 0) is 47.5 Å². The van der Waals surface area contributed by atoms with Crippen LogP contribution in [0.25, 0.3) is 6.08 Å². The molecule has 3 amide bonds. The van der Waals surface area contributed by atoms with Crippen LogP contribution in [0.2, 0.25) is 5.02 Å². The average Bonchev–Trinajstić information content (AvgIpc) is 3.03. The Morgan fingerprint density at radius 3 is 2.35 bits per heavy atom. The number of nitrogens with one attached hydrogen (secondary N) is 1. The van der Waals surface area contributed by atoms with E-state index in [-0.39, 0.29) is 24.7 Å². The van der Waals surface area contributed by atoms with E-state index in [1.165, 1.54) is 12.1 Å². The maximum Gasteiger partial charge on any atom is 0.329 e. The van der Waals surface area contributed by atoms with Gasteiger partial charge in [-0.3, -0.25) is 9.69 Å². The molecular formula is C24H18ClFN2O3. The summed E-state index contributed by atoms with van der Waals surface area (Å²) in [5, 5.41) is 3.20. The summed E-state index contributed by atoms with van der Waals surface area (Å²) in [5.74, 6) is -0.196. The Morgan fingerprint density at radius 1 is 0.935 bits per heavy atom. The van der Waals surface area contributed by atoms with Gasteiger partial charge in [-0.2, -0.15) is 0 Å². The summed E-state index contributed by atoms with van der Waals surface area (Å²) in [4.78, 5) is 26.3. The molecule has 1 aliphatic rings. The highest BCUT2D eigenvalue weighted by Crippen LogP contribution is 2.24. The smallest absolute Gasteiger partial charge is 0.329 e. The lowest BCUT2D eigenvalue weighted by atomic mass is 10.1. The summed E-state index contributed by atoms with van der Waals surface area (Å²) in [6.45, 7) is 0.380. The summed E-state index contributed by atoms with van der Waals surface area (Å²) in [6, 6.07) is 19.7. The van der Waals surface area contributed by atoms with Crippen LogP contribution in [-0.4, -0.2) is 16.8 Å². The van der Waals surface area contributed by atoms with Gasteiger partial charge < -0.3 is 10.1 Å². The minimum absolute atomic E-state index is 0.141. The zero-order valence-corrected chi connectivity index (χ0v) is 17.1. The number of imide groups is 1. The molecule has 1 fully saturated rings. The van der Waals surface area contributed by atoms with Gasteiger partial charge in [-0.25, -0.2) is 9.18 Å². The maximum absolute atomic E-state index is 13.1. The summed E-state index contributed by atoms with van der Waals surface area (Å²) < 4.78 is 18.9. The summed E-state index contributed by atoms with van der Waals surface area (Å²) >= 11 is 5.89. The third kappa shape index (κ3) is 4.92. The van der Waals surface area contributed by atoms with Gasteiger partial charge in [0, 0.05) is 10.6 Å². The van der Waals surface area contributed by atoms with E-state index in [4.69, 9.17) is 16.3 Å². The summed E-state index contributed by atoms with van der Waals surface area (Å²) in [7, 11) is 0. The zero-order valence-electron chi connectivity index (χ0n) is 16.3. The number of carbonyl (C=O) groups excluding carboxylic acids is 2. The molecule has 0 aromatic heterocycles. The number of para-hydroxylation sites is 1. The molecule has 0 bridgehead atoms. The van der Waals surface area contributed by atoms with Gasteiger partial charge in [-0.15, -0.1) is 0 Å². The lowest BCUT2D eigenvalue weighted by Gasteiger charge is -2.12. The molecule has 0 aliphatic carbocycles. The molecule has 0 saturated carbocycles. The van der Waals surface area contributed by atoms with Gasteiger partial charge in [0.25, 0.3) is 5.91 Å². The van der Waals surface area contributed by atoms with Crippen molar-refractivity contribution in [2.24, 2.45) is 0 Å². The molecule has 4 rings (SSSR count). The molecule has 0 atom stereocenters. The van der Waals surface area contributed by atoms with Crippen LogP contribution in [0.4, 0.5) is 9.18 Å². The van der Waals surface area contributed by atoms with Crippen LogP contribution in [0.5, 0.6) is 5.75 Å². The van der Waals surface area contributed by atoms with E-state index in [2.05, 4.69) is 5.32 Å². The number of amides is 3. The topological polar surface area (TPSA) is 58.6 Å². The average molecular weight is 437 g/mol. The molecule has 3 aromatic rings. The van der Waals surface area contributed by atoms with E-state index in [9.17, 15) is 14.0 Å². The summed E-state index contributed by atoms with van der Waals surface area (Å²) in [5.41, 5.74) is 2.40. The highest BCUT2D eigenvalue weighted by Gasteiger charge is 2.33. The maximum atomic E-state index is 13.1. The predicted molar refractivity (Wildman–Crippen MR) is 116 cm³/mol. The number of ether oxygens (including phenoxy) is 1. The molecule has 0 spiro atoms. The monoisotopic (exact) mass is 436 g/mol. The highest BCUT2D eigenvalue weighted by atomic mass is 35.5. The number of hydrogen-bond acceptors (Lipinski definition) is 3. The van der Waals surface area contributed by atoms with Gasteiger partial charge >= 0.3 is 6.03 Å². The minimum atomic E-state index is -0.490. The third-order valence-corrected chi connectivity index (χ3v) is 4.99. The predicted octanol–water partition coefficient (Wildman–Crippen LogP) is 5.15. The second-order valence-corrected chi connectivity index (χ2v) is 7.40. The Hall–Kier alpha value is -3.64. The van der Waals surface area contributed by atoms with Crippen LogP contribution in [0.1, 0.15) is 16.7 Å². The van der Waals surface area contributed by atoms with Gasteiger partial charge in [0.1, 0.15) is 23.9 Å². The van der Waals surface area contributed by atoms with Gasteiger partial charge in [0.05, 0.1) is 6.54 Å². The fourth-order valence-electron chi connectivity index (χ4n) is 3.12. The number of carbonyl (C=O) groups is 2. The van der Waals surface area contributed by atoms with Crippen LogP contribution in [0, 0.1) is 5.82 Å². The first-order valence-corrected chi connectivity index (χ1v) is 9.92. The second-order valence-electron chi connectivity index (χ2n) is 6.96. The van der Waals surface area contributed by atoms with Gasteiger partial charge in [0.15, 0.2) is 0 Å². The number of hydrogen-bond donors (Lipinski definition) is 1. The molecule has 156 valence electrons. The zero-order chi connectivity index (χ0) is 21.8. The van der Waals surface area contributed by atoms with E-state index in [0.29, 0.717) is 16.3 Å². The fourth-order valence-corrected chi connectivity index (χ4v) is 3.24. The SMILES string of the molecule is O=C1NC(=Cc2ccccc2OCc2ccc(F)cc2)C(=O)N1Cc1ccc(Cl)cc1. The number of halogens is 2. The summed E-state index contributed by atoms with van der Waals surface area (Å²) in [6.07, 6.45) is 1.59. The van der Waals surface area contributed by atoms with Crippen LogP contribution < -0.4 is 10.1 Å². The number of nitrogens with zero attached hydrogens (tertiary/aromatic N) is 1. The number of urea groups is 1. The van der Waals surface area contributed by atoms with Crippen molar-refractivity contribution in [2.45, 2.75) is 13.2 Å². The molecule has 3 aromatic carbocycles. The molecule has 1 aliphatic heterocycles. The Balaban J connectivity index is 1.50. The van der Waals surface area contributed by atoms with Crippen molar-refractivity contribution in [1.82, 2.24) is 10.2 Å². The van der Waals surface area contributed by atoms with E-state index in [0.717, 1.165) is 16.0 Å². The molecule has 7 heteroatoms. The Morgan fingerprint density at radius 2 is 1.61 bits per heavy atom. The Bertz CT molecular complexity index is 1140. The Labute approximate surface area is 183 Å². The number of rotatable bonds is 6. The lowest BCUT2D eigenvalue weighted by Crippen LogP contribution is -2.30.